The van der Waals surface area contributed by atoms with Crippen LogP contribution in [-0.2, 0) is 27.3 Å². The van der Waals surface area contributed by atoms with E-state index in [1.807, 2.05) is 36.5 Å². The van der Waals surface area contributed by atoms with Crippen LogP contribution in [-0.4, -0.2) is 115 Å². The van der Waals surface area contributed by atoms with E-state index in [9.17, 15) is 14.4 Å². The Kier molecular flexibility index (Phi) is 12.3. The molecular weight excluding hydrogens is 899 g/mol. The molecule has 1 aromatic carbocycles. The lowest BCUT2D eigenvalue weighted by molar-refractivity contribution is -0.248. The zero-order chi connectivity index (χ0) is 48.4. The number of thiazole rings is 1. The highest BCUT2D eigenvalue weighted by atomic mass is 32.1. The number of carbonyl (C=O) groups excluding carboxylic acids is 3. The molecule has 2 saturated heterocycles. The molecule has 0 radical (unpaired) electrons. The number of hydrogen-bond acceptors (Lipinski definition) is 13. The molecule has 0 spiro atoms. The van der Waals surface area contributed by atoms with Crippen LogP contribution in [0.4, 0.5) is 22.6 Å². The van der Waals surface area contributed by atoms with Gasteiger partial charge in [-0.1, -0.05) is 37.3 Å². The zero-order valence-electron chi connectivity index (χ0n) is 41.7. The van der Waals surface area contributed by atoms with Crippen LogP contribution >= 0.6 is 11.3 Å². The molecule has 7 aliphatic rings. The van der Waals surface area contributed by atoms with Gasteiger partial charge in [0.15, 0.2) is 16.8 Å². The Morgan fingerprint density at radius 1 is 0.857 bits per heavy atom. The topological polar surface area (TPSA) is 164 Å². The first-order valence-corrected chi connectivity index (χ1v) is 26.7. The lowest BCUT2D eigenvalue weighted by Gasteiger charge is -2.69. The monoisotopic (exact) mass is 968 g/mol. The summed E-state index contributed by atoms with van der Waals surface area (Å²) < 4.78 is 10.4. The van der Waals surface area contributed by atoms with Gasteiger partial charge in [0.25, 0.3) is 5.91 Å². The van der Waals surface area contributed by atoms with Gasteiger partial charge in [-0.3, -0.25) is 14.3 Å². The fraction of sp³-hybridized carbons (Fsp3) is 0.593. The third-order valence-electron chi connectivity index (χ3n) is 16.6. The maximum absolute atomic E-state index is 14.9. The average Bonchev–Trinajstić information content (AvgIpc) is 4.08. The number of nitrogens with zero attached hydrogens (tertiary/aromatic N) is 9. The number of pyridine rings is 1. The van der Waals surface area contributed by atoms with Crippen molar-refractivity contribution in [3.63, 3.8) is 0 Å². The molecule has 3 aliphatic heterocycles. The number of nitrogens with one attached hydrogen (secondary N) is 2. The second-order valence-corrected chi connectivity index (χ2v) is 23.9. The predicted octanol–water partition coefficient (Wildman–Crippen LogP) is 9.11. The largest absolute Gasteiger partial charge is 0.374 e. The van der Waals surface area contributed by atoms with Crippen LogP contribution in [0.25, 0.3) is 21.3 Å². The molecule has 370 valence electrons. The predicted molar refractivity (Wildman–Crippen MR) is 273 cm³/mol. The van der Waals surface area contributed by atoms with E-state index in [1.54, 1.807) is 16.2 Å². The number of rotatable bonds is 15. The van der Waals surface area contributed by atoms with Gasteiger partial charge in [-0.15, -0.1) is 10.2 Å². The summed E-state index contributed by atoms with van der Waals surface area (Å²) in [6.07, 6.45) is 15.0. The standard InChI is InChI=1S/C54H69N11O4S/c1-35(66)16-19-45(67)63-22-10-12-38(27-63)56-49(68)46-40(17-18-44(58-46)64-23-11-13-39-36(2)47(60-61-48(39)64)59-50-57-42-14-6-7-15-43(42)70-50)41-26-55-65(37(41)3)34-53-29-51(4)28-52(5,30-53)32-54(31-51,33-53)69-25-24-62-20-8-9-21-62/h6-7,14-15,17-18,26,38H,8-13,16,19-25,27-34H2,1-5H3,(H,56,68)(H,57,59,60)/t38-,51?,52?,53?,54?/m1/s1. The third-order valence-corrected chi connectivity index (χ3v) is 17.6. The molecule has 2 unspecified atom stereocenters. The van der Waals surface area contributed by atoms with Gasteiger partial charge < -0.3 is 34.9 Å². The molecule has 2 amide bonds. The summed E-state index contributed by atoms with van der Waals surface area (Å²) in [5.74, 6) is 1.67. The van der Waals surface area contributed by atoms with E-state index in [4.69, 9.17) is 30.0 Å². The van der Waals surface area contributed by atoms with Crippen molar-refractivity contribution < 1.29 is 19.1 Å². The first kappa shape index (κ1) is 47.0. The van der Waals surface area contributed by atoms with Crippen molar-refractivity contribution >= 4 is 61.7 Å². The smallest absolute Gasteiger partial charge is 0.270 e. The van der Waals surface area contributed by atoms with E-state index in [0.29, 0.717) is 37.0 Å². The van der Waals surface area contributed by atoms with Gasteiger partial charge in [-0.05, 0) is 151 Å². The fourth-order valence-electron chi connectivity index (χ4n) is 14.7. The summed E-state index contributed by atoms with van der Waals surface area (Å²) in [4.78, 5) is 56.2. The van der Waals surface area contributed by atoms with Crippen LogP contribution in [0.2, 0.25) is 0 Å². The van der Waals surface area contributed by atoms with E-state index < -0.39 is 0 Å². The Bertz CT molecular complexity index is 2780. The molecule has 15 nitrogen and oxygen atoms in total. The first-order chi connectivity index (χ1) is 33.7. The zero-order valence-corrected chi connectivity index (χ0v) is 42.6. The van der Waals surface area contributed by atoms with Crippen molar-refractivity contribution in [2.75, 3.05) is 56.1 Å². The van der Waals surface area contributed by atoms with Gasteiger partial charge in [0, 0.05) is 79.6 Å². The Labute approximate surface area is 415 Å². The first-order valence-electron chi connectivity index (χ1n) is 25.9. The van der Waals surface area contributed by atoms with E-state index in [1.165, 1.54) is 52.1 Å². The Morgan fingerprint density at radius 3 is 2.44 bits per heavy atom. The van der Waals surface area contributed by atoms with E-state index in [-0.39, 0.29) is 58.3 Å². The normalized spacial score (nSPS) is 27.3. The number of hydrogen-bond donors (Lipinski definition) is 2. The van der Waals surface area contributed by atoms with Crippen LogP contribution in [0.3, 0.4) is 0 Å². The van der Waals surface area contributed by atoms with Crippen molar-refractivity contribution in [3.8, 4) is 11.1 Å². The van der Waals surface area contributed by atoms with Gasteiger partial charge in [0.05, 0.1) is 28.6 Å². The molecule has 2 N–H and O–H groups in total. The van der Waals surface area contributed by atoms with Gasteiger partial charge in [0.1, 0.15) is 17.3 Å². The van der Waals surface area contributed by atoms with E-state index in [0.717, 1.165) is 114 Å². The van der Waals surface area contributed by atoms with Crippen molar-refractivity contribution in [2.24, 2.45) is 16.2 Å². The molecule has 4 bridgehead atoms. The minimum absolute atomic E-state index is 0.00550. The van der Waals surface area contributed by atoms with Crippen LogP contribution in [0, 0.1) is 30.1 Å². The minimum Gasteiger partial charge on any atom is -0.374 e. The fourth-order valence-corrected chi connectivity index (χ4v) is 15.6. The maximum atomic E-state index is 14.9. The quantitative estimate of drug-likeness (QED) is 0.103. The molecule has 12 rings (SSSR count). The second-order valence-electron chi connectivity index (χ2n) is 22.8. The summed E-state index contributed by atoms with van der Waals surface area (Å²) in [6.45, 7) is 17.4. The van der Waals surface area contributed by atoms with Crippen LogP contribution in [0.15, 0.2) is 42.6 Å². The number of ketones is 1. The molecule has 6 fully saturated rings. The van der Waals surface area contributed by atoms with E-state index in [2.05, 4.69) is 58.9 Å². The number of aromatic nitrogens is 6. The number of benzene rings is 1. The number of para-hydroxylation sites is 1. The molecule has 4 aliphatic carbocycles. The van der Waals surface area contributed by atoms with Crippen LogP contribution < -0.4 is 15.5 Å². The lowest BCUT2D eigenvalue weighted by Crippen LogP contribution is -2.64. The van der Waals surface area contributed by atoms with Crippen molar-refractivity contribution in [1.29, 1.82) is 0 Å². The number of likely N-dealkylation sites (tertiary alicyclic amines) is 2. The molecule has 70 heavy (non-hydrogen) atoms. The SMILES string of the molecule is CC(=O)CCC(=O)N1CCC[C@@H](NC(=O)c2nc(N3CCCc4c3nnc(Nc3nc5ccccc5s3)c4C)ccc2-c2cnn(CC34CC5(C)CC(C)(C3)CC(OCCN3CCCC3)(C5)C4)c2C)C1. The van der Waals surface area contributed by atoms with Crippen molar-refractivity contribution in [1.82, 2.24) is 45.1 Å². The highest BCUT2D eigenvalue weighted by molar-refractivity contribution is 7.22. The van der Waals surface area contributed by atoms with Crippen LogP contribution in [0.5, 0.6) is 0 Å². The van der Waals surface area contributed by atoms with Crippen molar-refractivity contribution in [3.05, 3.63) is 65.1 Å². The number of anilines is 4. The van der Waals surface area contributed by atoms with Gasteiger partial charge in [-0.25, -0.2) is 9.97 Å². The number of Topliss-reactive ketones (excluding diaryl/α,β-unsaturated/α-hetero) is 1. The summed E-state index contributed by atoms with van der Waals surface area (Å²) >= 11 is 1.59. The minimum atomic E-state index is -0.295. The number of amides is 2. The Hall–Kier alpha value is -5.32. The average molecular weight is 968 g/mol. The third kappa shape index (κ3) is 9.24. The number of fused-ring (bicyclic) bond motifs is 2. The van der Waals surface area contributed by atoms with Gasteiger partial charge in [0.2, 0.25) is 5.91 Å². The molecular formula is C54H69N11O4S. The molecule has 16 heteroatoms. The highest BCUT2D eigenvalue weighted by Crippen LogP contribution is 2.72. The highest BCUT2D eigenvalue weighted by Gasteiger charge is 2.66. The second kappa shape index (κ2) is 18.4. The number of piperidine rings is 1. The van der Waals surface area contributed by atoms with E-state index >= 15 is 0 Å². The summed E-state index contributed by atoms with van der Waals surface area (Å²) in [6, 6.07) is 11.8. The lowest BCUT2D eigenvalue weighted by atomic mass is 9.39. The van der Waals surface area contributed by atoms with Crippen molar-refractivity contribution in [2.45, 2.75) is 143 Å². The maximum Gasteiger partial charge on any atom is 0.270 e. The van der Waals surface area contributed by atoms with Gasteiger partial charge in [-0.2, -0.15) is 5.10 Å². The summed E-state index contributed by atoms with van der Waals surface area (Å²) in [7, 11) is 0. The molecule has 7 heterocycles. The molecule has 5 aromatic rings. The Morgan fingerprint density at radius 2 is 1.66 bits per heavy atom. The Balaban J connectivity index is 0.892. The van der Waals surface area contributed by atoms with Gasteiger partial charge >= 0.3 is 0 Å². The molecule has 4 aromatic heterocycles. The number of ether oxygens (including phenoxy) is 1. The number of carbonyl (C=O) groups is 3. The molecule has 4 saturated carbocycles. The van der Waals surface area contributed by atoms with Crippen LogP contribution in [0.1, 0.15) is 132 Å². The molecule has 3 atom stereocenters. The summed E-state index contributed by atoms with van der Waals surface area (Å²) in [5, 5.41) is 22.1. The summed E-state index contributed by atoms with van der Waals surface area (Å²) in [5.41, 5.74) is 6.36.